The molecule has 1 heterocycles. The van der Waals surface area contributed by atoms with Gasteiger partial charge in [0, 0.05) is 17.3 Å². The highest BCUT2D eigenvalue weighted by Crippen LogP contribution is 2.28. The van der Waals surface area contributed by atoms with Crippen LogP contribution in [-0.4, -0.2) is 15.6 Å². The van der Waals surface area contributed by atoms with E-state index in [0.29, 0.717) is 21.5 Å². The van der Waals surface area contributed by atoms with Gasteiger partial charge in [-0.3, -0.25) is 9.59 Å². The highest BCUT2D eigenvalue weighted by atomic mass is 32.1. The van der Waals surface area contributed by atoms with Crippen LogP contribution in [0.2, 0.25) is 0 Å². The zero-order chi connectivity index (χ0) is 17.4. The Hall–Kier alpha value is -2.73. The van der Waals surface area contributed by atoms with Gasteiger partial charge in [-0.25, -0.2) is 0 Å². The van der Waals surface area contributed by atoms with Gasteiger partial charge in [0.25, 0.3) is 11.5 Å². The maximum Gasteiger partial charge on any atom is 0.267 e. The standard InChI is InChI=1S/C18H16N2O3S/c1-10-6-5-8-12(16(10)24)19-17(22)14-15(21)11-7-3-4-9-13(11)20(2)18(14)23/h3-9,21,24H,1-2H3,(H,19,22). The average Bonchev–Trinajstić information content (AvgIpc) is 2.57. The van der Waals surface area contributed by atoms with Crippen molar-refractivity contribution in [2.24, 2.45) is 7.05 Å². The van der Waals surface area contributed by atoms with Crippen molar-refractivity contribution < 1.29 is 9.90 Å². The van der Waals surface area contributed by atoms with E-state index in [0.717, 1.165) is 5.56 Å². The minimum atomic E-state index is -0.667. The molecule has 2 aromatic carbocycles. The van der Waals surface area contributed by atoms with Crippen LogP contribution in [0.1, 0.15) is 15.9 Å². The number of rotatable bonds is 2. The number of hydrogen-bond donors (Lipinski definition) is 3. The minimum Gasteiger partial charge on any atom is -0.506 e. The van der Waals surface area contributed by atoms with Crippen molar-refractivity contribution in [3.8, 4) is 5.75 Å². The summed E-state index contributed by atoms with van der Waals surface area (Å²) < 4.78 is 1.35. The van der Waals surface area contributed by atoms with Gasteiger partial charge in [0.15, 0.2) is 0 Å². The number of benzene rings is 2. The predicted octanol–water partition coefficient (Wildman–Crippen LogP) is 3.09. The van der Waals surface area contributed by atoms with Crippen molar-refractivity contribution >= 4 is 35.1 Å². The van der Waals surface area contributed by atoms with E-state index in [4.69, 9.17) is 0 Å². The van der Waals surface area contributed by atoms with Crippen molar-refractivity contribution in [1.82, 2.24) is 4.57 Å². The molecule has 5 nitrogen and oxygen atoms in total. The number of aryl methyl sites for hydroxylation is 2. The number of fused-ring (bicyclic) bond motifs is 1. The maximum absolute atomic E-state index is 12.6. The molecule has 2 N–H and O–H groups in total. The van der Waals surface area contributed by atoms with Crippen LogP contribution in [0, 0.1) is 6.92 Å². The van der Waals surface area contributed by atoms with Crippen molar-refractivity contribution in [3.05, 3.63) is 63.9 Å². The molecule has 0 fully saturated rings. The molecule has 1 aromatic heterocycles. The zero-order valence-corrected chi connectivity index (χ0v) is 14.1. The van der Waals surface area contributed by atoms with Gasteiger partial charge in [-0.15, -0.1) is 12.6 Å². The van der Waals surface area contributed by atoms with Gasteiger partial charge < -0.3 is 15.0 Å². The first-order valence-corrected chi connectivity index (χ1v) is 7.77. The SMILES string of the molecule is Cc1cccc(NC(=O)c2c(O)c3ccccc3n(C)c2=O)c1S. The van der Waals surface area contributed by atoms with Crippen molar-refractivity contribution in [2.75, 3.05) is 5.32 Å². The molecular weight excluding hydrogens is 324 g/mol. The lowest BCUT2D eigenvalue weighted by atomic mass is 10.1. The molecule has 0 spiro atoms. The maximum atomic E-state index is 12.6. The predicted molar refractivity (Wildman–Crippen MR) is 97.2 cm³/mol. The lowest BCUT2D eigenvalue weighted by Crippen LogP contribution is -2.28. The average molecular weight is 340 g/mol. The van der Waals surface area contributed by atoms with Gasteiger partial charge in [0.1, 0.15) is 11.3 Å². The fourth-order valence-corrected chi connectivity index (χ4v) is 2.83. The van der Waals surface area contributed by atoms with Gasteiger partial charge in [-0.05, 0) is 30.7 Å². The molecule has 0 aliphatic rings. The second-order valence-corrected chi connectivity index (χ2v) is 5.98. The van der Waals surface area contributed by atoms with Crippen LogP contribution in [0.3, 0.4) is 0 Å². The van der Waals surface area contributed by atoms with Crippen LogP contribution < -0.4 is 10.9 Å². The number of amides is 1. The molecule has 0 saturated carbocycles. The first-order valence-electron chi connectivity index (χ1n) is 7.32. The summed E-state index contributed by atoms with van der Waals surface area (Å²) in [5, 5.41) is 13.5. The Morgan fingerprint density at radius 3 is 2.62 bits per heavy atom. The Bertz CT molecular complexity index is 1020. The Morgan fingerprint density at radius 1 is 1.17 bits per heavy atom. The quantitative estimate of drug-likeness (QED) is 0.628. The summed E-state index contributed by atoms with van der Waals surface area (Å²) in [5.74, 6) is -0.987. The summed E-state index contributed by atoms with van der Waals surface area (Å²) in [7, 11) is 1.57. The first kappa shape index (κ1) is 16.1. The van der Waals surface area contributed by atoms with E-state index in [9.17, 15) is 14.7 Å². The fourth-order valence-electron chi connectivity index (χ4n) is 2.63. The third-order valence-corrected chi connectivity index (χ3v) is 4.58. The zero-order valence-electron chi connectivity index (χ0n) is 13.2. The number of para-hydroxylation sites is 1. The number of nitrogens with one attached hydrogen (secondary N) is 1. The lowest BCUT2D eigenvalue weighted by molar-refractivity contribution is 0.102. The first-order chi connectivity index (χ1) is 11.4. The Kier molecular flexibility index (Phi) is 4.07. The van der Waals surface area contributed by atoms with E-state index in [1.165, 1.54) is 4.57 Å². The molecule has 0 aliphatic carbocycles. The van der Waals surface area contributed by atoms with Crippen molar-refractivity contribution in [1.29, 1.82) is 0 Å². The van der Waals surface area contributed by atoms with Crippen LogP contribution >= 0.6 is 12.6 Å². The molecule has 24 heavy (non-hydrogen) atoms. The minimum absolute atomic E-state index is 0.287. The third-order valence-electron chi connectivity index (χ3n) is 3.99. The molecule has 0 radical (unpaired) electrons. The molecule has 6 heteroatoms. The van der Waals surface area contributed by atoms with Crippen LogP contribution in [0.15, 0.2) is 52.2 Å². The van der Waals surface area contributed by atoms with Crippen LogP contribution in [-0.2, 0) is 7.05 Å². The largest absolute Gasteiger partial charge is 0.506 e. The number of thiol groups is 1. The number of pyridine rings is 1. The van der Waals surface area contributed by atoms with E-state index in [2.05, 4.69) is 17.9 Å². The molecule has 1 amide bonds. The normalized spacial score (nSPS) is 10.8. The van der Waals surface area contributed by atoms with E-state index < -0.39 is 11.5 Å². The monoisotopic (exact) mass is 340 g/mol. The highest BCUT2D eigenvalue weighted by Gasteiger charge is 2.21. The number of carbonyl (C=O) groups excluding carboxylic acids is 1. The summed E-state index contributed by atoms with van der Waals surface area (Å²) in [6.07, 6.45) is 0. The number of aromatic nitrogens is 1. The number of nitrogens with zero attached hydrogens (tertiary/aromatic N) is 1. The molecule has 3 aromatic rings. The Labute approximate surface area is 144 Å². The topological polar surface area (TPSA) is 71.3 Å². The number of hydrogen-bond acceptors (Lipinski definition) is 4. The second-order valence-electron chi connectivity index (χ2n) is 5.53. The molecule has 3 rings (SSSR count). The van der Waals surface area contributed by atoms with E-state index >= 15 is 0 Å². The summed E-state index contributed by atoms with van der Waals surface area (Å²) in [5.41, 5.74) is 1.09. The lowest BCUT2D eigenvalue weighted by Gasteiger charge is -2.13. The Balaban J connectivity index is 2.14. The summed E-state index contributed by atoms with van der Waals surface area (Å²) in [6.45, 7) is 1.87. The van der Waals surface area contributed by atoms with Crippen LogP contribution in [0.5, 0.6) is 5.75 Å². The van der Waals surface area contributed by atoms with Gasteiger partial charge in [0.05, 0.1) is 11.2 Å². The second kappa shape index (κ2) is 6.05. The molecule has 0 atom stereocenters. The molecular formula is C18H16N2O3S. The summed E-state index contributed by atoms with van der Waals surface area (Å²) in [4.78, 5) is 25.7. The van der Waals surface area contributed by atoms with Gasteiger partial charge in [-0.2, -0.15) is 0 Å². The van der Waals surface area contributed by atoms with E-state index in [1.54, 1.807) is 43.4 Å². The van der Waals surface area contributed by atoms with Crippen LogP contribution in [0.25, 0.3) is 10.9 Å². The number of aromatic hydroxyl groups is 1. The van der Waals surface area contributed by atoms with E-state index in [-0.39, 0.29) is 11.3 Å². The highest BCUT2D eigenvalue weighted by molar-refractivity contribution is 7.80. The summed E-state index contributed by atoms with van der Waals surface area (Å²) >= 11 is 4.37. The number of carbonyl (C=O) groups is 1. The van der Waals surface area contributed by atoms with Crippen molar-refractivity contribution in [2.45, 2.75) is 11.8 Å². The molecule has 0 aliphatic heterocycles. The fraction of sp³-hybridized carbons (Fsp3) is 0.111. The number of anilines is 1. The van der Waals surface area contributed by atoms with Gasteiger partial charge >= 0.3 is 0 Å². The molecule has 0 bridgehead atoms. The van der Waals surface area contributed by atoms with Gasteiger partial charge in [-0.1, -0.05) is 24.3 Å². The molecule has 0 unspecified atom stereocenters. The molecule has 0 saturated heterocycles. The molecule has 122 valence electrons. The summed E-state index contributed by atoms with van der Waals surface area (Å²) in [6, 6.07) is 12.2. The Morgan fingerprint density at radius 2 is 1.88 bits per heavy atom. The third kappa shape index (κ3) is 2.55. The van der Waals surface area contributed by atoms with Crippen molar-refractivity contribution in [3.63, 3.8) is 0 Å². The van der Waals surface area contributed by atoms with Gasteiger partial charge in [0.2, 0.25) is 0 Å². The smallest absolute Gasteiger partial charge is 0.267 e. The van der Waals surface area contributed by atoms with Crippen LogP contribution in [0.4, 0.5) is 5.69 Å². The van der Waals surface area contributed by atoms with E-state index in [1.807, 2.05) is 13.0 Å².